The monoisotopic (exact) mass is 623 g/mol. The molecule has 0 radical (unpaired) electrons. The van der Waals surface area contributed by atoms with E-state index in [-0.39, 0.29) is 5.41 Å². The van der Waals surface area contributed by atoms with Crippen molar-refractivity contribution in [2.75, 3.05) is 49.8 Å². The Morgan fingerprint density at radius 2 is 1.59 bits per heavy atom. The number of fused-ring (bicyclic) bond motifs is 1. The largest absolute Gasteiger partial charge is 0.492 e. The van der Waals surface area contributed by atoms with Crippen molar-refractivity contribution in [2.45, 2.75) is 39.0 Å². The van der Waals surface area contributed by atoms with E-state index in [1.165, 1.54) is 27.1 Å². The Labute approximate surface area is 269 Å². The highest BCUT2D eigenvalue weighted by atomic mass is 16.5. The molecule has 1 aromatic heterocycles. The van der Waals surface area contributed by atoms with E-state index in [1.54, 1.807) is 6.20 Å². The Morgan fingerprint density at radius 1 is 0.891 bits per heavy atom. The van der Waals surface area contributed by atoms with Crippen molar-refractivity contribution in [1.82, 2.24) is 9.88 Å². The number of hydrogen-bond acceptors (Lipinski definition) is 7. The molecule has 1 saturated heterocycles. The van der Waals surface area contributed by atoms with Crippen molar-refractivity contribution >= 4 is 46.0 Å². The van der Waals surface area contributed by atoms with Crippen LogP contribution < -0.4 is 25.4 Å². The molecule has 0 aliphatic carbocycles. The van der Waals surface area contributed by atoms with E-state index in [2.05, 4.69) is 31.9 Å². The molecular weight excluding hydrogens is 582 g/mol. The number of nitrogens with one attached hydrogen (secondary N) is 3. The number of benzene rings is 3. The van der Waals surface area contributed by atoms with Gasteiger partial charge >= 0.3 is 12.1 Å². The summed E-state index contributed by atoms with van der Waals surface area (Å²) in [6, 6.07) is 18.3. The van der Waals surface area contributed by atoms with Gasteiger partial charge in [0.2, 0.25) is 0 Å². The van der Waals surface area contributed by atoms with Gasteiger partial charge in [-0.3, -0.25) is 15.2 Å². The molecule has 1 aliphatic heterocycles. The highest BCUT2D eigenvalue weighted by Crippen LogP contribution is 2.39. The maximum atomic E-state index is 13.4. The first-order valence-electron chi connectivity index (χ1n) is 15.3. The first kappa shape index (κ1) is 32.3. The van der Waals surface area contributed by atoms with Gasteiger partial charge in [-0.25, -0.2) is 9.59 Å². The third-order valence-corrected chi connectivity index (χ3v) is 7.79. The van der Waals surface area contributed by atoms with Crippen LogP contribution in [-0.2, 0) is 10.2 Å². The Bertz CT molecular complexity index is 1740. The van der Waals surface area contributed by atoms with E-state index in [0.717, 1.165) is 41.7 Å². The average Bonchev–Trinajstić information content (AvgIpc) is 3.55. The zero-order valence-corrected chi connectivity index (χ0v) is 27.0. The fourth-order valence-corrected chi connectivity index (χ4v) is 5.37. The van der Waals surface area contributed by atoms with Crippen LogP contribution >= 0.6 is 0 Å². The number of carbonyl (C=O) groups excluding carboxylic acids is 2. The maximum Gasteiger partial charge on any atom is 0.411 e. The Kier molecular flexibility index (Phi) is 10.1. The number of aromatic nitrogens is 1. The number of amides is 3. The van der Waals surface area contributed by atoms with Crippen LogP contribution in [-0.4, -0.2) is 55.9 Å². The fourth-order valence-electron chi connectivity index (χ4n) is 5.37. The molecule has 0 spiro atoms. The lowest BCUT2D eigenvalue weighted by Gasteiger charge is -2.24. The van der Waals surface area contributed by atoms with Gasteiger partial charge in [0, 0.05) is 29.6 Å². The number of anilines is 3. The van der Waals surface area contributed by atoms with Crippen molar-refractivity contribution in [1.29, 1.82) is 0 Å². The molecule has 10 heteroatoms. The third-order valence-electron chi connectivity index (χ3n) is 7.79. The lowest BCUT2D eigenvalue weighted by atomic mass is 9.86. The van der Waals surface area contributed by atoms with Gasteiger partial charge in [0.15, 0.2) is 5.75 Å². The van der Waals surface area contributed by atoms with E-state index in [9.17, 15) is 9.59 Å². The molecule has 1 aliphatic rings. The molecule has 0 bridgehead atoms. The molecule has 10 nitrogen and oxygen atoms in total. The number of methoxy groups -OCH3 is 2. The fraction of sp³-hybridized carbons (Fsp3) is 0.306. The van der Waals surface area contributed by atoms with Gasteiger partial charge in [-0.1, -0.05) is 51.1 Å². The molecule has 2 heterocycles. The van der Waals surface area contributed by atoms with Crippen molar-refractivity contribution in [2.24, 2.45) is 0 Å². The van der Waals surface area contributed by atoms with Crippen LogP contribution in [0.3, 0.4) is 0 Å². The summed E-state index contributed by atoms with van der Waals surface area (Å²) in [5, 5.41) is 10.2. The number of likely N-dealkylation sites (tertiary alicyclic amines) is 1. The van der Waals surface area contributed by atoms with E-state index in [4.69, 9.17) is 14.2 Å². The summed E-state index contributed by atoms with van der Waals surface area (Å²) >= 11 is 0. The number of nitrogens with zero attached hydrogens (tertiary/aromatic N) is 2. The molecule has 5 rings (SSSR count). The quantitative estimate of drug-likeness (QED) is 0.172. The molecule has 3 aromatic carbocycles. The first-order valence-corrected chi connectivity index (χ1v) is 15.3. The zero-order chi connectivity index (χ0) is 32.7. The normalized spacial score (nSPS) is 13.5. The maximum absolute atomic E-state index is 13.4. The van der Waals surface area contributed by atoms with Crippen LogP contribution in [0.15, 0.2) is 72.9 Å². The summed E-state index contributed by atoms with van der Waals surface area (Å²) in [7, 11) is 2.76. The highest BCUT2D eigenvalue weighted by Gasteiger charge is 2.22. The van der Waals surface area contributed by atoms with Crippen LogP contribution in [0.5, 0.6) is 17.2 Å². The second-order valence-electron chi connectivity index (χ2n) is 12.1. The molecule has 1 fully saturated rings. The predicted molar refractivity (Wildman–Crippen MR) is 183 cm³/mol. The molecule has 3 amide bonds. The second-order valence-corrected chi connectivity index (χ2v) is 12.1. The van der Waals surface area contributed by atoms with E-state index >= 15 is 0 Å². The minimum Gasteiger partial charge on any atom is -0.492 e. The lowest BCUT2D eigenvalue weighted by Crippen LogP contribution is -2.22. The van der Waals surface area contributed by atoms with Crippen LogP contribution in [0.25, 0.3) is 16.8 Å². The predicted octanol–water partition coefficient (Wildman–Crippen LogP) is 8.26. The van der Waals surface area contributed by atoms with Gasteiger partial charge in [-0.15, -0.1) is 0 Å². The molecule has 46 heavy (non-hydrogen) atoms. The third kappa shape index (κ3) is 7.94. The van der Waals surface area contributed by atoms with Gasteiger partial charge in [0.05, 0.1) is 37.0 Å². The minimum atomic E-state index is -0.648. The van der Waals surface area contributed by atoms with Crippen LogP contribution in [0.2, 0.25) is 0 Å². The molecule has 0 unspecified atom stereocenters. The number of ether oxygens (including phenoxy) is 3. The molecular formula is C36H41N5O5. The molecule has 3 N–H and O–H groups in total. The summed E-state index contributed by atoms with van der Waals surface area (Å²) in [5.41, 5.74) is 2.79. The number of pyridine rings is 1. The van der Waals surface area contributed by atoms with Gasteiger partial charge in [-0.2, -0.15) is 0 Å². The number of carbonyl (C=O) groups is 2. The smallest absolute Gasteiger partial charge is 0.411 e. The molecule has 0 atom stereocenters. The number of rotatable bonds is 9. The van der Waals surface area contributed by atoms with Crippen molar-refractivity contribution < 1.29 is 23.8 Å². The molecule has 0 saturated carbocycles. The SMILES string of the molecule is COC(=O)Nc1cc(C(C)(C)C)cc(NC(=O)Nc2ccc(Oc3ccnc(C=CCN4CCCC4)c3)c3ccccc23)c1OC. The summed E-state index contributed by atoms with van der Waals surface area (Å²) in [5.74, 6) is 1.62. The Balaban J connectivity index is 1.36. The molecule has 4 aromatic rings. The Hall–Kier alpha value is -5.09. The lowest BCUT2D eigenvalue weighted by molar-refractivity contribution is 0.187. The van der Waals surface area contributed by atoms with Gasteiger partial charge in [-0.05, 0) is 73.3 Å². The van der Waals surface area contributed by atoms with Crippen molar-refractivity contribution in [3.8, 4) is 17.2 Å². The van der Waals surface area contributed by atoms with Crippen molar-refractivity contribution in [3.05, 3.63) is 84.2 Å². The van der Waals surface area contributed by atoms with Gasteiger partial charge < -0.3 is 24.8 Å². The van der Waals surface area contributed by atoms with Crippen LogP contribution in [0, 0.1) is 0 Å². The van der Waals surface area contributed by atoms with E-state index in [0.29, 0.717) is 34.3 Å². The summed E-state index contributed by atoms with van der Waals surface area (Å²) in [4.78, 5) is 32.3. The second kappa shape index (κ2) is 14.3. The minimum absolute atomic E-state index is 0.281. The summed E-state index contributed by atoms with van der Waals surface area (Å²) < 4.78 is 16.7. The van der Waals surface area contributed by atoms with E-state index < -0.39 is 12.1 Å². The van der Waals surface area contributed by atoms with Crippen LogP contribution in [0.1, 0.15) is 44.9 Å². The average molecular weight is 624 g/mol. The van der Waals surface area contributed by atoms with Gasteiger partial charge in [0.1, 0.15) is 11.5 Å². The molecule has 240 valence electrons. The topological polar surface area (TPSA) is 114 Å². The Morgan fingerprint density at radius 3 is 2.28 bits per heavy atom. The standard InChI is InChI=1S/C36H41N5O5/c1-36(2,3)24-21-30(33(44-4)31(22-24)40-35(43)45-5)39-34(42)38-29-14-15-32(28-13-7-6-12-27(28)29)46-26-16-17-37-25(23-26)11-10-20-41-18-8-9-19-41/h6-7,10-17,21-23H,8-9,18-20H2,1-5H3,(H,40,43)(H2,38,39,42). The highest BCUT2D eigenvalue weighted by molar-refractivity contribution is 6.08. The van der Waals surface area contributed by atoms with Crippen LogP contribution in [0.4, 0.5) is 26.7 Å². The van der Waals surface area contributed by atoms with Gasteiger partial charge in [0.25, 0.3) is 0 Å². The number of urea groups is 1. The first-order chi connectivity index (χ1) is 22.1. The van der Waals surface area contributed by atoms with Crippen molar-refractivity contribution in [3.63, 3.8) is 0 Å². The summed E-state index contributed by atoms with van der Waals surface area (Å²) in [6.45, 7) is 9.32. The summed E-state index contributed by atoms with van der Waals surface area (Å²) in [6.07, 6.45) is 7.78. The zero-order valence-electron chi connectivity index (χ0n) is 27.0. The van der Waals surface area contributed by atoms with E-state index in [1.807, 2.05) is 87.5 Å². The number of hydrogen-bond donors (Lipinski definition) is 3.